The SMILES string of the molecule is CC(C)[C@H](NC(=O)CCCCCN1C(=O)C=CC1=O)C(=O)N[C@@H](C)C(=O)Nc1ccc(COC(=O)N(CCC#N)c2cc(C3(Cc4nncn4C)COC3)cc(N3Cc4c(cc(CN5CCC[C@H](C)C5)cc4C(F)(F)F)C3=O)n2)cc1. The number of unbranched alkanes of at least 4 members (excludes halogenated alkanes) is 2. The summed E-state index contributed by atoms with van der Waals surface area (Å²) in [7, 11) is 1.78. The summed E-state index contributed by atoms with van der Waals surface area (Å²) in [5.74, 6) is -2.26. The van der Waals surface area contributed by atoms with Gasteiger partial charge in [0.15, 0.2) is 0 Å². The number of anilines is 3. The van der Waals surface area contributed by atoms with Crippen molar-refractivity contribution in [3.63, 3.8) is 0 Å². The van der Waals surface area contributed by atoms with Crippen LogP contribution in [0.15, 0.2) is 67.0 Å². The van der Waals surface area contributed by atoms with E-state index in [1.54, 1.807) is 68.2 Å². The molecule has 0 spiro atoms. The van der Waals surface area contributed by atoms with E-state index < -0.39 is 59.6 Å². The second-order valence-electron chi connectivity index (χ2n) is 21.7. The number of piperidine rings is 1. The Balaban J connectivity index is 0.938. The lowest BCUT2D eigenvalue weighted by Gasteiger charge is -2.42. The zero-order valence-corrected chi connectivity index (χ0v) is 46.0. The summed E-state index contributed by atoms with van der Waals surface area (Å²) >= 11 is 0. The van der Waals surface area contributed by atoms with E-state index >= 15 is 0 Å². The van der Waals surface area contributed by atoms with Gasteiger partial charge in [0.2, 0.25) is 17.7 Å². The van der Waals surface area contributed by atoms with E-state index in [1.165, 1.54) is 30.0 Å². The highest BCUT2D eigenvalue weighted by atomic mass is 19.4. The predicted molar refractivity (Wildman–Crippen MR) is 289 cm³/mol. The van der Waals surface area contributed by atoms with Crippen LogP contribution in [0.1, 0.15) is 117 Å². The molecule has 81 heavy (non-hydrogen) atoms. The monoisotopic (exact) mass is 1120 g/mol. The molecule has 4 aromatic rings. The average molecular weight is 1120 g/mol. The highest BCUT2D eigenvalue weighted by Crippen LogP contribution is 2.43. The summed E-state index contributed by atoms with van der Waals surface area (Å²) in [5, 5.41) is 26.2. The molecule has 0 unspecified atom stereocenters. The largest absolute Gasteiger partial charge is 0.444 e. The van der Waals surface area contributed by atoms with Crippen LogP contribution >= 0.6 is 0 Å². The third-order valence-electron chi connectivity index (χ3n) is 15.0. The number of halogens is 3. The molecule has 2 fully saturated rings. The normalized spacial score (nSPS) is 17.6. The first-order valence-electron chi connectivity index (χ1n) is 27.2. The second kappa shape index (κ2) is 25.6. The molecule has 21 nitrogen and oxygen atoms in total. The number of alkyl halides is 3. The molecule has 3 N–H and O–H groups in total. The van der Waals surface area contributed by atoms with Crippen LogP contribution in [-0.2, 0) is 78.2 Å². The van der Waals surface area contributed by atoms with E-state index in [0.29, 0.717) is 59.8 Å². The number of aromatic nitrogens is 4. The number of aryl methyl sites for hydroxylation is 1. The fourth-order valence-electron chi connectivity index (χ4n) is 10.4. The van der Waals surface area contributed by atoms with Crippen LogP contribution in [0, 0.1) is 23.2 Å². The van der Waals surface area contributed by atoms with E-state index in [-0.39, 0.29) is 98.7 Å². The number of nitrogens with one attached hydrogen (secondary N) is 3. The lowest BCUT2D eigenvalue weighted by Crippen LogP contribution is -2.53. The minimum atomic E-state index is -4.77. The number of pyridine rings is 1. The number of fused-ring (bicyclic) bond motifs is 1. The predicted octanol–water partition coefficient (Wildman–Crippen LogP) is 6.26. The second-order valence-corrected chi connectivity index (χ2v) is 21.7. The van der Waals surface area contributed by atoms with Crippen molar-refractivity contribution < 1.29 is 56.2 Å². The average Bonchev–Trinajstić information content (AvgIpc) is 3.48. The molecule has 7 amide bonds. The molecule has 4 aliphatic rings. The number of hydrogen-bond donors (Lipinski definition) is 3. The van der Waals surface area contributed by atoms with Gasteiger partial charge in [-0.2, -0.15) is 18.4 Å². The smallest absolute Gasteiger partial charge is 0.416 e. The number of ether oxygens (including phenoxy) is 2. The van der Waals surface area contributed by atoms with Gasteiger partial charge in [-0.25, -0.2) is 9.78 Å². The van der Waals surface area contributed by atoms with E-state index in [4.69, 9.17) is 14.5 Å². The van der Waals surface area contributed by atoms with Crippen LogP contribution in [0.2, 0.25) is 0 Å². The molecular formula is C57H67F3N12O9. The van der Waals surface area contributed by atoms with Gasteiger partial charge in [-0.15, -0.1) is 10.2 Å². The Hall–Kier alpha value is -8.04. The highest BCUT2D eigenvalue weighted by Gasteiger charge is 2.45. The van der Waals surface area contributed by atoms with Crippen LogP contribution in [0.4, 0.5) is 35.3 Å². The zero-order chi connectivity index (χ0) is 58.2. The summed E-state index contributed by atoms with van der Waals surface area (Å²) in [6.45, 7) is 8.52. The van der Waals surface area contributed by atoms with Crippen molar-refractivity contribution in [2.75, 3.05) is 54.5 Å². The van der Waals surface area contributed by atoms with Gasteiger partial charge in [-0.3, -0.25) is 48.4 Å². The maximum absolute atomic E-state index is 14.9. The third kappa shape index (κ3) is 14.3. The highest BCUT2D eigenvalue weighted by molar-refractivity contribution is 6.13. The molecule has 0 radical (unpaired) electrons. The summed E-state index contributed by atoms with van der Waals surface area (Å²) < 4.78 is 58.1. The van der Waals surface area contributed by atoms with Gasteiger partial charge in [0.1, 0.15) is 42.5 Å². The number of carbonyl (C=O) groups excluding carboxylic acids is 7. The Kier molecular flexibility index (Phi) is 18.7. The molecule has 2 aromatic carbocycles. The van der Waals surface area contributed by atoms with Crippen LogP contribution in [-0.4, -0.2) is 123 Å². The van der Waals surface area contributed by atoms with Gasteiger partial charge < -0.3 is 30.0 Å². The van der Waals surface area contributed by atoms with E-state index in [0.717, 1.165) is 41.8 Å². The van der Waals surface area contributed by atoms with Crippen LogP contribution in [0.3, 0.4) is 0 Å². The molecule has 3 atom stereocenters. The maximum Gasteiger partial charge on any atom is 0.416 e. The lowest BCUT2D eigenvalue weighted by atomic mass is 9.75. The molecule has 8 rings (SSSR count). The van der Waals surface area contributed by atoms with Crippen molar-refractivity contribution in [2.24, 2.45) is 18.9 Å². The summed E-state index contributed by atoms with van der Waals surface area (Å²) in [6.07, 6.45) is 2.08. The third-order valence-corrected chi connectivity index (χ3v) is 15.0. The van der Waals surface area contributed by atoms with Crippen LogP contribution < -0.4 is 25.8 Å². The van der Waals surface area contributed by atoms with Crippen molar-refractivity contribution >= 4 is 58.9 Å². The van der Waals surface area contributed by atoms with Crippen molar-refractivity contribution in [2.45, 2.75) is 122 Å². The number of amides is 7. The summed E-state index contributed by atoms with van der Waals surface area (Å²) in [6, 6.07) is 12.4. The van der Waals surface area contributed by atoms with E-state index in [1.807, 2.05) is 6.07 Å². The molecule has 0 bridgehead atoms. The molecule has 430 valence electrons. The van der Waals surface area contributed by atoms with E-state index in [9.17, 15) is 52.0 Å². The Morgan fingerprint density at radius 1 is 0.963 bits per heavy atom. The summed E-state index contributed by atoms with van der Waals surface area (Å²) in [4.78, 5) is 102. The van der Waals surface area contributed by atoms with Crippen LogP contribution in [0.25, 0.3) is 0 Å². The standard InChI is InChI=1S/C57H67F3N12O9/c1-35(2)51(66-48(73)12-7-6-8-21-71-49(74)17-18-50(71)75)53(77)63-37(4)52(76)64-41-15-13-38(14-16-41)31-81-55(79)70(22-10-19-61)45-25-40(56(32-80-33-56)27-47-67-62-34-68(47)5)26-46(65-45)72-30-43-42(54(72)78)23-39(24-44(43)57(58,59)60)29-69-20-9-11-36(3)28-69/h13-18,23-26,34-37,51H,6-12,20-22,27-33H2,1-5H3,(H,63,77)(H,64,76)(H,66,73)/t36-,37-,51-/m0/s1. The molecule has 24 heteroatoms. The Morgan fingerprint density at radius 2 is 1.70 bits per heavy atom. The molecule has 0 saturated carbocycles. The molecule has 0 aliphatic carbocycles. The van der Waals surface area contributed by atoms with Crippen molar-refractivity contribution in [3.05, 3.63) is 106 Å². The minimum absolute atomic E-state index is 0.0216. The zero-order valence-electron chi connectivity index (χ0n) is 46.0. The number of hydrogen-bond acceptors (Lipinski definition) is 14. The minimum Gasteiger partial charge on any atom is -0.444 e. The van der Waals surface area contributed by atoms with Crippen LogP contribution in [0.5, 0.6) is 0 Å². The number of carbonyl (C=O) groups is 7. The fraction of sp³-hybridized carbons (Fsp3) is 0.491. The number of nitriles is 1. The number of imide groups is 1. The van der Waals surface area contributed by atoms with Gasteiger partial charge in [0.05, 0.1) is 37.8 Å². The van der Waals surface area contributed by atoms with Gasteiger partial charge in [0, 0.05) is 74.9 Å². The van der Waals surface area contributed by atoms with Crippen molar-refractivity contribution in [3.8, 4) is 6.07 Å². The lowest BCUT2D eigenvalue weighted by molar-refractivity contribution is -0.138. The van der Waals surface area contributed by atoms with Gasteiger partial charge in [-0.05, 0) is 110 Å². The molecule has 6 heterocycles. The van der Waals surface area contributed by atoms with Gasteiger partial charge in [0.25, 0.3) is 17.7 Å². The number of nitrogens with zero attached hydrogens (tertiary/aromatic N) is 9. The topological polar surface area (TPSA) is 254 Å². The maximum atomic E-state index is 14.9. The Bertz CT molecular complexity index is 3080. The van der Waals surface area contributed by atoms with Gasteiger partial charge in [-0.1, -0.05) is 39.3 Å². The molecule has 2 aromatic heterocycles. The fourth-order valence-corrected chi connectivity index (χ4v) is 10.4. The number of benzene rings is 2. The van der Waals surface area contributed by atoms with E-state index in [2.05, 4.69) is 38.0 Å². The van der Waals surface area contributed by atoms with Gasteiger partial charge >= 0.3 is 12.3 Å². The Labute approximate surface area is 467 Å². The molecular weight excluding hydrogens is 1050 g/mol. The number of likely N-dealkylation sites (tertiary alicyclic amines) is 1. The summed E-state index contributed by atoms with van der Waals surface area (Å²) in [5.41, 5.74) is -0.183. The molecule has 4 aliphatic heterocycles. The Morgan fingerprint density at radius 3 is 2.35 bits per heavy atom. The number of rotatable bonds is 23. The quantitative estimate of drug-likeness (QED) is 0.0548. The van der Waals surface area contributed by atoms with Crippen molar-refractivity contribution in [1.29, 1.82) is 5.26 Å². The first kappa shape index (κ1) is 59.1. The first-order valence-corrected chi connectivity index (χ1v) is 27.2. The van der Waals surface area contributed by atoms with Crippen molar-refractivity contribution in [1.82, 2.24) is 40.2 Å². The first-order chi connectivity index (χ1) is 38.6. The molecule has 2 saturated heterocycles.